The zero-order valence-electron chi connectivity index (χ0n) is 12.0. The lowest BCUT2D eigenvalue weighted by Crippen LogP contribution is -2.04. The molecule has 3 rings (SSSR count). The van der Waals surface area contributed by atoms with Crippen molar-refractivity contribution >= 4 is 17.2 Å². The van der Waals surface area contributed by atoms with E-state index in [1.165, 1.54) is 0 Å². The number of nitrogens with zero attached hydrogens (tertiary/aromatic N) is 2. The molecule has 0 saturated carbocycles. The molecule has 0 spiro atoms. The Morgan fingerprint density at radius 2 is 1.90 bits per heavy atom. The lowest BCUT2D eigenvalue weighted by atomic mass is 10.1. The number of benzene rings is 1. The summed E-state index contributed by atoms with van der Waals surface area (Å²) in [5.74, 6) is 0. The van der Waals surface area contributed by atoms with Gasteiger partial charge in [0.15, 0.2) is 0 Å². The van der Waals surface area contributed by atoms with E-state index in [0.717, 1.165) is 28.3 Å². The fourth-order valence-electron chi connectivity index (χ4n) is 2.60. The highest BCUT2D eigenvalue weighted by Crippen LogP contribution is 2.31. The van der Waals surface area contributed by atoms with Crippen LogP contribution in [-0.2, 0) is 0 Å². The third-order valence-electron chi connectivity index (χ3n) is 3.69. The average molecular weight is 301 g/mol. The Kier molecular flexibility index (Phi) is 3.70. The van der Waals surface area contributed by atoms with Gasteiger partial charge in [0, 0.05) is 16.3 Å². The van der Waals surface area contributed by atoms with E-state index in [9.17, 15) is 5.11 Å². The van der Waals surface area contributed by atoms with E-state index in [2.05, 4.69) is 0 Å². The Morgan fingerprint density at radius 3 is 2.57 bits per heavy atom. The minimum absolute atomic E-state index is 0.549. The molecule has 0 saturated heterocycles. The summed E-state index contributed by atoms with van der Waals surface area (Å²) in [5, 5.41) is 11.1. The number of fused-ring (bicyclic) bond motifs is 1. The van der Waals surface area contributed by atoms with Crippen molar-refractivity contribution in [2.24, 2.45) is 0 Å². The molecule has 0 bridgehead atoms. The predicted molar refractivity (Wildman–Crippen MR) is 85.6 cm³/mol. The van der Waals surface area contributed by atoms with Gasteiger partial charge in [-0.2, -0.15) is 0 Å². The summed E-state index contributed by atoms with van der Waals surface area (Å²) in [5.41, 5.74) is 4.53. The second-order valence-corrected chi connectivity index (χ2v) is 5.57. The van der Waals surface area contributed by atoms with Gasteiger partial charge in [-0.25, -0.2) is 4.98 Å². The van der Waals surface area contributed by atoms with Crippen molar-refractivity contribution in [2.45, 2.75) is 26.4 Å². The lowest BCUT2D eigenvalue weighted by Gasteiger charge is -2.12. The summed E-state index contributed by atoms with van der Waals surface area (Å²) in [4.78, 5) is 4.70. The highest BCUT2D eigenvalue weighted by molar-refractivity contribution is 6.30. The zero-order chi connectivity index (χ0) is 15.0. The summed E-state index contributed by atoms with van der Waals surface area (Å²) in [6.07, 6.45) is 0.0923. The second-order valence-electron chi connectivity index (χ2n) is 5.14. The molecule has 0 aliphatic heterocycles. The monoisotopic (exact) mass is 300 g/mol. The molecule has 0 fully saturated rings. The second kappa shape index (κ2) is 5.51. The maximum Gasteiger partial charge on any atom is 0.137 e. The molecule has 0 radical (unpaired) electrons. The van der Waals surface area contributed by atoms with Crippen LogP contribution in [0.15, 0.2) is 42.5 Å². The van der Waals surface area contributed by atoms with Crippen LogP contribution in [0.2, 0.25) is 5.02 Å². The van der Waals surface area contributed by atoms with Crippen LogP contribution >= 0.6 is 11.6 Å². The first-order valence-corrected chi connectivity index (χ1v) is 7.41. The van der Waals surface area contributed by atoms with Crippen LogP contribution in [0.25, 0.3) is 16.9 Å². The molecule has 108 valence electrons. The molecule has 1 unspecified atom stereocenters. The van der Waals surface area contributed by atoms with Crippen LogP contribution in [0, 0.1) is 6.92 Å². The smallest absolute Gasteiger partial charge is 0.137 e. The van der Waals surface area contributed by atoms with Crippen LogP contribution in [-0.4, -0.2) is 14.5 Å². The van der Waals surface area contributed by atoms with Crippen LogP contribution < -0.4 is 0 Å². The quantitative estimate of drug-likeness (QED) is 0.778. The number of imidazole rings is 1. The Hall–Kier alpha value is -1.84. The molecule has 0 aliphatic rings. The van der Waals surface area contributed by atoms with Crippen molar-refractivity contribution in [2.75, 3.05) is 0 Å². The Bertz CT molecular complexity index is 777. The Labute approximate surface area is 128 Å². The number of pyridine rings is 1. The fraction of sp³-hybridized carbons (Fsp3) is 0.235. The molecule has 4 heteroatoms. The third-order valence-corrected chi connectivity index (χ3v) is 3.95. The highest BCUT2D eigenvalue weighted by Gasteiger charge is 2.20. The number of aliphatic hydroxyl groups excluding tert-OH is 1. The van der Waals surface area contributed by atoms with Crippen molar-refractivity contribution in [3.8, 4) is 11.3 Å². The zero-order valence-corrected chi connectivity index (χ0v) is 12.8. The van der Waals surface area contributed by atoms with Crippen LogP contribution in [0.1, 0.15) is 30.8 Å². The van der Waals surface area contributed by atoms with E-state index in [0.29, 0.717) is 11.4 Å². The van der Waals surface area contributed by atoms with Crippen molar-refractivity contribution in [1.29, 1.82) is 0 Å². The number of rotatable bonds is 3. The van der Waals surface area contributed by atoms with Crippen molar-refractivity contribution in [3.63, 3.8) is 0 Å². The molecule has 1 N–H and O–H groups in total. The topological polar surface area (TPSA) is 37.5 Å². The van der Waals surface area contributed by atoms with Crippen LogP contribution in [0.5, 0.6) is 0 Å². The molecule has 21 heavy (non-hydrogen) atoms. The molecular formula is C17H17ClN2O. The number of aliphatic hydroxyl groups is 1. The standard InChI is InChI=1S/C17H17ClN2O/c1-3-14(21)17-16(12-7-9-13(18)10-8-12)19-15-6-4-5-11(2)20(15)17/h4-10,14,21H,3H2,1-2H3. The first-order valence-electron chi connectivity index (χ1n) is 7.03. The van der Waals surface area contributed by atoms with Gasteiger partial charge in [-0.3, -0.25) is 4.40 Å². The number of hydrogen-bond donors (Lipinski definition) is 1. The summed E-state index contributed by atoms with van der Waals surface area (Å²) in [7, 11) is 0. The molecule has 2 heterocycles. The Balaban J connectivity index is 2.31. The van der Waals surface area contributed by atoms with Gasteiger partial charge in [0.05, 0.1) is 17.5 Å². The lowest BCUT2D eigenvalue weighted by molar-refractivity contribution is 0.168. The van der Waals surface area contributed by atoms with E-state index in [1.54, 1.807) is 0 Å². The molecule has 1 atom stereocenters. The van der Waals surface area contributed by atoms with Crippen molar-refractivity contribution < 1.29 is 5.11 Å². The number of aromatic nitrogens is 2. The molecule has 3 aromatic rings. The summed E-state index contributed by atoms with van der Waals surface area (Å²) < 4.78 is 2.03. The van der Waals surface area contributed by atoms with Gasteiger partial charge in [0.1, 0.15) is 5.65 Å². The normalized spacial score (nSPS) is 12.8. The van der Waals surface area contributed by atoms with Crippen LogP contribution in [0.4, 0.5) is 0 Å². The number of aryl methyl sites for hydroxylation is 1. The van der Waals surface area contributed by atoms with Gasteiger partial charge in [-0.15, -0.1) is 0 Å². The van der Waals surface area contributed by atoms with E-state index in [-0.39, 0.29) is 0 Å². The molecule has 3 nitrogen and oxygen atoms in total. The van der Waals surface area contributed by atoms with Gasteiger partial charge in [-0.1, -0.05) is 36.7 Å². The van der Waals surface area contributed by atoms with Gasteiger partial charge in [-0.05, 0) is 37.6 Å². The minimum Gasteiger partial charge on any atom is -0.387 e. The van der Waals surface area contributed by atoms with Gasteiger partial charge >= 0.3 is 0 Å². The fourth-order valence-corrected chi connectivity index (χ4v) is 2.73. The molecular weight excluding hydrogens is 284 g/mol. The average Bonchev–Trinajstić information content (AvgIpc) is 2.88. The molecule has 2 aromatic heterocycles. The maximum absolute atomic E-state index is 10.5. The number of halogens is 1. The summed E-state index contributed by atoms with van der Waals surface area (Å²) >= 11 is 5.96. The van der Waals surface area contributed by atoms with E-state index >= 15 is 0 Å². The van der Waals surface area contributed by atoms with E-state index in [1.807, 2.05) is 60.7 Å². The predicted octanol–water partition coefficient (Wildman–Crippen LogP) is 4.41. The van der Waals surface area contributed by atoms with E-state index < -0.39 is 6.10 Å². The Morgan fingerprint density at radius 1 is 1.19 bits per heavy atom. The largest absolute Gasteiger partial charge is 0.387 e. The molecule has 0 aliphatic carbocycles. The van der Waals surface area contributed by atoms with Gasteiger partial charge < -0.3 is 5.11 Å². The maximum atomic E-state index is 10.5. The SMILES string of the molecule is CCC(O)c1c(-c2ccc(Cl)cc2)nc2cccc(C)n12. The minimum atomic E-state index is -0.549. The molecule has 0 amide bonds. The van der Waals surface area contributed by atoms with E-state index in [4.69, 9.17) is 16.6 Å². The number of hydrogen-bond acceptors (Lipinski definition) is 2. The highest BCUT2D eigenvalue weighted by atomic mass is 35.5. The van der Waals surface area contributed by atoms with Gasteiger partial charge in [0.2, 0.25) is 0 Å². The van der Waals surface area contributed by atoms with Gasteiger partial charge in [0.25, 0.3) is 0 Å². The third kappa shape index (κ3) is 2.43. The first-order chi connectivity index (χ1) is 10.1. The first kappa shape index (κ1) is 14.1. The van der Waals surface area contributed by atoms with Crippen molar-refractivity contribution in [1.82, 2.24) is 9.38 Å². The van der Waals surface area contributed by atoms with Crippen LogP contribution in [0.3, 0.4) is 0 Å². The summed E-state index contributed by atoms with van der Waals surface area (Å²) in [6, 6.07) is 13.5. The molecule has 1 aromatic carbocycles. The van der Waals surface area contributed by atoms with Crippen molar-refractivity contribution in [3.05, 3.63) is 58.9 Å². The summed E-state index contributed by atoms with van der Waals surface area (Å²) in [6.45, 7) is 3.99.